The standard InChI is InChI=1S/C41H52N4O7/c1-27(43(8)39(51)52-41(5,6)7)35(46)42-34(40(2,3)4)37(48)45-26-32-17-13-12-16-31(32)24-33(45)36(47)44(23-22-28-14-10-9-11-15-28)25-29-18-20-30(21-19-29)38(49)50/h9-21,27,33-34H,22-26H2,1-8H3,(H,42,46)(H,49,50)/t27-,33-,34+/m0/s1. The van der Waals surface area contributed by atoms with Gasteiger partial charge < -0.3 is 25.0 Å². The van der Waals surface area contributed by atoms with Crippen LogP contribution in [0.2, 0.25) is 0 Å². The fraction of sp³-hybridized carbons (Fsp3) is 0.439. The minimum Gasteiger partial charge on any atom is -0.478 e. The highest BCUT2D eigenvalue weighted by molar-refractivity contribution is 5.95. The maximum atomic E-state index is 14.8. The summed E-state index contributed by atoms with van der Waals surface area (Å²) in [6.45, 7) is 13.1. The lowest BCUT2D eigenvalue weighted by molar-refractivity contribution is -0.151. The first-order chi connectivity index (χ1) is 24.4. The normalized spacial score (nSPS) is 15.5. The topological polar surface area (TPSA) is 137 Å². The summed E-state index contributed by atoms with van der Waals surface area (Å²) in [4.78, 5) is 72.0. The molecule has 11 heteroatoms. The van der Waals surface area contributed by atoms with E-state index >= 15 is 0 Å². The number of fused-ring (bicyclic) bond motifs is 1. The highest BCUT2D eigenvalue weighted by atomic mass is 16.6. The van der Waals surface area contributed by atoms with E-state index in [1.54, 1.807) is 49.6 Å². The van der Waals surface area contributed by atoms with Gasteiger partial charge in [-0.3, -0.25) is 19.3 Å². The number of hydrogen-bond acceptors (Lipinski definition) is 6. The van der Waals surface area contributed by atoms with E-state index in [9.17, 15) is 29.1 Å². The van der Waals surface area contributed by atoms with Crippen LogP contribution in [0.1, 0.15) is 81.1 Å². The monoisotopic (exact) mass is 712 g/mol. The van der Waals surface area contributed by atoms with Crippen LogP contribution >= 0.6 is 0 Å². The van der Waals surface area contributed by atoms with E-state index in [2.05, 4.69) is 5.32 Å². The van der Waals surface area contributed by atoms with Crippen molar-refractivity contribution in [2.75, 3.05) is 13.6 Å². The fourth-order valence-corrected chi connectivity index (χ4v) is 6.08. The quantitative estimate of drug-likeness (QED) is 0.261. The molecule has 1 heterocycles. The summed E-state index contributed by atoms with van der Waals surface area (Å²) in [5.41, 5.74) is 2.30. The largest absolute Gasteiger partial charge is 0.478 e. The number of nitrogens with zero attached hydrogens (tertiary/aromatic N) is 3. The summed E-state index contributed by atoms with van der Waals surface area (Å²) in [7, 11) is 1.47. The van der Waals surface area contributed by atoms with Crippen LogP contribution in [-0.2, 0) is 45.1 Å². The van der Waals surface area contributed by atoms with Crippen molar-refractivity contribution in [3.63, 3.8) is 0 Å². The lowest BCUT2D eigenvalue weighted by atomic mass is 9.84. The molecule has 0 fully saturated rings. The maximum Gasteiger partial charge on any atom is 0.410 e. The molecule has 3 aromatic rings. The first-order valence-corrected chi connectivity index (χ1v) is 17.6. The molecule has 0 aromatic heterocycles. The van der Waals surface area contributed by atoms with Gasteiger partial charge in [-0.1, -0.05) is 87.5 Å². The molecule has 11 nitrogen and oxygen atoms in total. The Hall–Kier alpha value is -5.19. The number of benzene rings is 3. The van der Waals surface area contributed by atoms with Gasteiger partial charge in [-0.05, 0) is 73.9 Å². The third-order valence-electron chi connectivity index (χ3n) is 9.26. The molecule has 0 bridgehead atoms. The molecule has 0 spiro atoms. The zero-order valence-corrected chi connectivity index (χ0v) is 31.5. The van der Waals surface area contributed by atoms with Gasteiger partial charge in [0, 0.05) is 33.1 Å². The van der Waals surface area contributed by atoms with Gasteiger partial charge >= 0.3 is 12.1 Å². The number of carboxylic acids is 1. The number of nitrogens with one attached hydrogen (secondary N) is 1. The van der Waals surface area contributed by atoms with Crippen molar-refractivity contribution >= 4 is 29.8 Å². The molecule has 2 N–H and O–H groups in total. The Bertz CT molecular complexity index is 1750. The van der Waals surface area contributed by atoms with E-state index in [4.69, 9.17) is 4.74 Å². The van der Waals surface area contributed by atoms with Crippen LogP contribution in [0.5, 0.6) is 0 Å². The van der Waals surface area contributed by atoms with Crippen LogP contribution in [0.25, 0.3) is 0 Å². The zero-order chi connectivity index (χ0) is 38.4. The molecule has 52 heavy (non-hydrogen) atoms. The molecule has 1 aliphatic heterocycles. The molecule has 0 aliphatic carbocycles. The second-order valence-corrected chi connectivity index (χ2v) is 15.5. The number of carboxylic acid groups (broad SMARTS) is 1. The minimum atomic E-state index is -1.04. The highest BCUT2D eigenvalue weighted by Crippen LogP contribution is 2.30. The predicted octanol–water partition coefficient (Wildman–Crippen LogP) is 5.70. The Labute approximate surface area is 306 Å². The van der Waals surface area contributed by atoms with Gasteiger partial charge in [0.15, 0.2) is 0 Å². The first-order valence-electron chi connectivity index (χ1n) is 17.6. The lowest BCUT2D eigenvalue weighted by Gasteiger charge is -2.42. The number of amides is 4. The van der Waals surface area contributed by atoms with Crippen molar-refractivity contribution in [1.29, 1.82) is 0 Å². The molecular weight excluding hydrogens is 660 g/mol. The average Bonchev–Trinajstić information content (AvgIpc) is 3.09. The maximum absolute atomic E-state index is 14.8. The summed E-state index contributed by atoms with van der Waals surface area (Å²) in [6, 6.07) is 21.1. The SMILES string of the molecule is C[C@@H](C(=O)N[C@H](C(=O)N1Cc2ccccc2C[C@H]1C(=O)N(CCc1ccccc1)Cc1ccc(C(=O)O)cc1)C(C)(C)C)N(C)C(=O)OC(C)(C)C. The highest BCUT2D eigenvalue weighted by Gasteiger charge is 2.44. The van der Waals surface area contributed by atoms with E-state index in [-0.39, 0.29) is 31.0 Å². The van der Waals surface area contributed by atoms with Gasteiger partial charge in [0.05, 0.1) is 5.56 Å². The van der Waals surface area contributed by atoms with E-state index in [1.807, 2.05) is 75.4 Å². The summed E-state index contributed by atoms with van der Waals surface area (Å²) in [5.74, 6) is -2.23. The molecule has 4 amide bonds. The van der Waals surface area contributed by atoms with Crippen LogP contribution in [0, 0.1) is 5.41 Å². The third kappa shape index (κ3) is 10.2. The third-order valence-corrected chi connectivity index (χ3v) is 9.26. The second-order valence-electron chi connectivity index (χ2n) is 15.5. The van der Waals surface area contributed by atoms with Gasteiger partial charge in [0.25, 0.3) is 0 Å². The molecule has 0 radical (unpaired) electrons. The van der Waals surface area contributed by atoms with Gasteiger partial charge in [-0.15, -0.1) is 0 Å². The van der Waals surface area contributed by atoms with Crippen LogP contribution in [0.3, 0.4) is 0 Å². The summed E-state index contributed by atoms with van der Waals surface area (Å²) in [5, 5.41) is 12.3. The number of aromatic carboxylic acids is 1. The molecule has 3 atom stereocenters. The molecule has 0 saturated heterocycles. The van der Waals surface area contributed by atoms with Crippen molar-refractivity contribution < 1.29 is 33.8 Å². The van der Waals surface area contributed by atoms with Crippen molar-refractivity contribution in [3.8, 4) is 0 Å². The number of hydrogen-bond donors (Lipinski definition) is 2. The molecule has 0 saturated carbocycles. The number of carbonyl (C=O) groups excluding carboxylic acids is 4. The van der Waals surface area contributed by atoms with E-state index in [1.165, 1.54) is 24.1 Å². The zero-order valence-electron chi connectivity index (χ0n) is 31.5. The van der Waals surface area contributed by atoms with Crippen LogP contribution in [0.15, 0.2) is 78.9 Å². The van der Waals surface area contributed by atoms with E-state index < -0.39 is 53.0 Å². The first kappa shape index (κ1) is 39.6. The van der Waals surface area contributed by atoms with Crippen LogP contribution < -0.4 is 5.32 Å². The van der Waals surface area contributed by atoms with Crippen molar-refractivity contribution in [2.24, 2.45) is 5.41 Å². The van der Waals surface area contributed by atoms with E-state index in [0.29, 0.717) is 13.0 Å². The Morgan fingerprint density at radius 2 is 1.46 bits per heavy atom. The van der Waals surface area contributed by atoms with Crippen LogP contribution in [-0.4, -0.2) is 86.9 Å². The van der Waals surface area contributed by atoms with Crippen LogP contribution in [0.4, 0.5) is 4.79 Å². The average molecular weight is 713 g/mol. The Kier molecular flexibility index (Phi) is 12.5. The van der Waals surface area contributed by atoms with Crippen molar-refractivity contribution in [3.05, 3.63) is 107 Å². The molecule has 1 aliphatic rings. The molecule has 4 rings (SSSR count). The summed E-state index contributed by atoms with van der Waals surface area (Å²) < 4.78 is 5.45. The van der Waals surface area contributed by atoms with Gasteiger partial charge in [0.1, 0.15) is 23.7 Å². The number of rotatable bonds is 11. The molecular formula is C41H52N4O7. The van der Waals surface area contributed by atoms with Crippen molar-refractivity contribution in [1.82, 2.24) is 20.0 Å². The Morgan fingerprint density at radius 3 is 2.04 bits per heavy atom. The van der Waals surface area contributed by atoms with Gasteiger partial charge in [-0.2, -0.15) is 0 Å². The molecule has 0 unspecified atom stereocenters. The lowest BCUT2D eigenvalue weighted by Crippen LogP contribution is -2.62. The van der Waals surface area contributed by atoms with Gasteiger partial charge in [0.2, 0.25) is 17.7 Å². The summed E-state index contributed by atoms with van der Waals surface area (Å²) in [6.07, 6.45) is 0.185. The molecule has 278 valence electrons. The summed E-state index contributed by atoms with van der Waals surface area (Å²) >= 11 is 0. The van der Waals surface area contributed by atoms with E-state index in [0.717, 1.165) is 22.3 Å². The number of carbonyl (C=O) groups is 5. The second kappa shape index (κ2) is 16.4. The predicted molar refractivity (Wildman–Crippen MR) is 198 cm³/mol. The fourth-order valence-electron chi connectivity index (χ4n) is 6.08. The van der Waals surface area contributed by atoms with Crippen molar-refractivity contribution in [2.45, 2.75) is 98.1 Å². The minimum absolute atomic E-state index is 0.147. The number of likely N-dealkylation sites (N-methyl/N-ethyl adjacent to an activating group) is 1. The van der Waals surface area contributed by atoms with Gasteiger partial charge in [-0.25, -0.2) is 9.59 Å². The smallest absolute Gasteiger partial charge is 0.410 e. The molecule has 3 aromatic carbocycles. The Balaban J connectivity index is 1.67. The Morgan fingerprint density at radius 1 is 0.865 bits per heavy atom. The number of ether oxygens (including phenoxy) is 1.